The molecule has 0 saturated heterocycles. The summed E-state index contributed by atoms with van der Waals surface area (Å²) in [5, 5.41) is 32.4. The summed E-state index contributed by atoms with van der Waals surface area (Å²) >= 11 is 0. The normalized spacial score (nSPS) is 15.6. The molecule has 1 aromatic rings. The molecule has 0 aliphatic rings. The van der Waals surface area contributed by atoms with E-state index >= 15 is 0 Å². The fourth-order valence-corrected chi connectivity index (χ4v) is 10.3. The molecule has 12 amide bonds. The van der Waals surface area contributed by atoms with Crippen molar-refractivity contribution in [3.63, 3.8) is 0 Å². The quantitative estimate of drug-likeness (QED) is 0.0412. The number of esters is 1. The molecule has 0 bridgehead atoms. The predicted octanol–water partition coefficient (Wildman–Crippen LogP) is 4.25. The zero-order valence-corrected chi connectivity index (χ0v) is 64.0. The van der Waals surface area contributed by atoms with E-state index in [1.54, 1.807) is 149 Å². The Bertz CT molecular complexity index is 2940. The molecule has 1 rings (SSSR count). The molecular formula is C71H122N12O16. The fraction of sp³-hybridized carbons (Fsp3) is 0.732. The second kappa shape index (κ2) is 38.6. The van der Waals surface area contributed by atoms with E-state index in [0.29, 0.717) is 12.8 Å². The third kappa shape index (κ3) is 28.0. The van der Waals surface area contributed by atoms with Crippen molar-refractivity contribution < 1.29 is 76.5 Å². The highest BCUT2D eigenvalue weighted by Crippen LogP contribution is 2.30. The van der Waals surface area contributed by atoms with E-state index in [0.717, 1.165) is 5.56 Å². The molecule has 0 saturated carbocycles. The lowest BCUT2D eigenvalue weighted by molar-refractivity contribution is -0.154. The summed E-state index contributed by atoms with van der Waals surface area (Å²) in [6.07, 6.45) is -0.944. The Morgan fingerprint density at radius 2 is 0.758 bits per heavy atom. The molecule has 99 heavy (non-hydrogen) atoms. The van der Waals surface area contributed by atoms with Gasteiger partial charge < -0.3 is 78.0 Å². The van der Waals surface area contributed by atoms with Gasteiger partial charge >= 0.3 is 12.1 Å². The maximum Gasteiger partial charge on any atom is 0.408 e. The number of alkyl carbamates (subject to hydrolysis) is 1. The Morgan fingerprint density at radius 1 is 0.404 bits per heavy atom. The van der Waals surface area contributed by atoms with Crippen LogP contribution in [-0.4, -0.2) is 167 Å². The van der Waals surface area contributed by atoms with E-state index in [-0.39, 0.29) is 12.5 Å². The Morgan fingerprint density at radius 3 is 1.16 bits per heavy atom. The van der Waals surface area contributed by atoms with Crippen LogP contribution < -0.4 is 63.8 Å². The lowest BCUT2D eigenvalue weighted by Gasteiger charge is -2.38. The Labute approximate surface area is 587 Å². The number of rotatable bonds is 38. The molecule has 0 heterocycles. The van der Waals surface area contributed by atoms with Gasteiger partial charge in [0.15, 0.2) is 0 Å². The van der Waals surface area contributed by atoms with Crippen molar-refractivity contribution in [1.82, 2.24) is 63.8 Å². The van der Waals surface area contributed by atoms with Gasteiger partial charge in [-0.15, -0.1) is 0 Å². The molecule has 0 aliphatic carbocycles. The van der Waals surface area contributed by atoms with E-state index in [1.807, 2.05) is 19.9 Å². The summed E-state index contributed by atoms with van der Waals surface area (Å²) < 4.78 is 16.5. The lowest BCUT2D eigenvalue weighted by atomic mass is 9.76. The van der Waals surface area contributed by atoms with E-state index in [2.05, 4.69) is 63.8 Å². The minimum absolute atomic E-state index is 0.00206. The third-order valence-corrected chi connectivity index (χ3v) is 17.2. The van der Waals surface area contributed by atoms with Crippen molar-refractivity contribution in [3.05, 3.63) is 35.9 Å². The maximum atomic E-state index is 14.7. The molecule has 12 N–H and O–H groups in total. The van der Waals surface area contributed by atoms with E-state index in [9.17, 15) is 62.3 Å². The number of nitrogens with one attached hydrogen (secondary N) is 12. The first-order valence-electron chi connectivity index (χ1n) is 34.4. The number of carbonyl (C=O) groups excluding carboxylic acids is 13. The number of ether oxygens (including phenoxy) is 3. The van der Waals surface area contributed by atoms with Crippen molar-refractivity contribution >= 4 is 77.0 Å². The van der Waals surface area contributed by atoms with Crippen LogP contribution in [-0.2, 0) is 78.4 Å². The highest BCUT2D eigenvalue weighted by atomic mass is 16.6. The van der Waals surface area contributed by atoms with Crippen LogP contribution >= 0.6 is 0 Å². The van der Waals surface area contributed by atoms with Crippen molar-refractivity contribution in [2.45, 2.75) is 276 Å². The summed E-state index contributed by atoms with van der Waals surface area (Å²) in [6.45, 7) is 41.9. The molecule has 0 aromatic heterocycles. The van der Waals surface area contributed by atoms with Crippen LogP contribution in [0.2, 0.25) is 0 Å². The fourth-order valence-electron chi connectivity index (χ4n) is 10.3. The third-order valence-electron chi connectivity index (χ3n) is 17.2. The van der Waals surface area contributed by atoms with Gasteiger partial charge in [-0.1, -0.05) is 140 Å². The maximum absolute atomic E-state index is 14.7. The van der Waals surface area contributed by atoms with Crippen LogP contribution in [0.3, 0.4) is 0 Å². The minimum atomic E-state index is -1.82. The van der Waals surface area contributed by atoms with Crippen molar-refractivity contribution in [2.24, 2.45) is 46.8 Å². The molecule has 0 fully saturated rings. The van der Waals surface area contributed by atoms with Crippen LogP contribution in [0, 0.1) is 46.8 Å². The van der Waals surface area contributed by atoms with Crippen molar-refractivity contribution in [1.29, 1.82) is 0 Å². The van der Waals surface area contributed by atoms with Gasteiger partial charge in [0, 0.05) is 6.04 Å². The molecule has 11 atom stereocenters. The zero-order valence-electron chi connectivity index (χ0n) is 64.0. The molecule has 0 radical (unpaired) electrons. The van der Waals surface area contributed by atoms with Crippen LogP contribution in [0.1, 0.15) is 198 Å². The predicted molar refractivity (Wildman–Crippen MR) is 376 cm³/mol. The zero-order chi connectivity index (χ0) is 76.8. The van der Waals surface area contributed by atoms with Gasteiger partial charge in [0.1, 0.15) is 64.5 Å². The average Bonchev–Trinajstić information content (AvgIpc) is 0.818. The number of hydrogen-bond donors (Lipinski definition) is 12. The minimum Gasteiger partial charge on any atom is -0.469 e. The SMILES string of the molecule is CC[C@H](C)[C@@H](NC(=O)[C@H](NC(=O)C(C)(C)NC(=O)[C@H](NC(=O)[C@H](NC(=O)C(C)(C)NC(=O)[C@H](NC(=O)[C@H](NC(=O)[C@H](NC(=O)C(C)(C)NC(=O)CNC(=O)[C@H](NC(=O)OC(C)(C)C)C(C)C)C(C)C)C(C)C)[C@@H](C)CC)[C@@H](C)OCc1ccccc1)C(C)C)C(C)C)C(C)(C)C(=O)OC. The molecule has 562 valence electrons. The summed E-state index contributed by atoms with van der Waals surface area (Å²) in [7, 11) is 1.27. The standard InChI is InChI=1S/C71H122N12O16/c1-28-42(13)52(75-56(86)48(38(5)6)73-57(87)49(39(7)8)76-62(92)69(21,22)81-46(84)35-72-55(85)47(37(3)4)79-66(96)99-67(16,17)18)61(91)83-71(25,26)64(94)78-53(44(15)98-36-45-33-31-30-32-34-45)59(89)74-51(41(11)12)60(90)82-70(23,24)63(93)77-50(40(9)10)58(88)80-54(43(14)29-2)68(19,20)65(95)97-27/h30-34,37-44,47-54H,28-29,35-36H2,1-27H3,(H,72,85)(H,73,87)(H,74,89)(H,75,86)(H,76,92)(H,77,93)(H,78,94)(H,79,96)(H,80,88)(H,81,84)(H,82,90)(H,83,91)/t42-,43-,44+,47+,48+,49+,50+,51+,52+,53+,54+/m0/s1. The van der Waals surface area contributed by atoms with E-state index in [4.69, 9.17) is 14.2 Å². The Hall–Kier alpha value is -7.91. The average molecular weight is 1400 g/mol. The van der Waals surface area contributed by atoms with E-state index in [1.165, 1.54) is 48.7 Å². The summed E-state index contributed by atoms with van der Waals surface area (Å²) in [5.74, 6) is -12.2. The van der Waals surface area contributed by atoms with Crippen LogP contribution in [0.5, 0.6) is 0 Å². The molecule has 0 unspecified atom stereocenters. The molecule has 1 aromatic carbocycles. The van der Waals surface area contributed by atoms with Crippen LogP contribution in [0.25, 0.3) is 0 Å². The topological polar surface area (TPSA) is 394 Å². The summed E-state index contributed by atoms with van der Waals surface area (Å²) in [4.78, 5) is 180. The molecular weight excluding hydrogens is 1280 g/mol. The van der Waals surface area contributed by atoms with Gasteiger partial charge in [-0.2, -0.15) is 0 Å². The van der Waals surface area contributed by atoms with Crippen LogP contribution in [0.4, 0.5) is 4.79 Å². The highest BCUT2D eigenvalue weighted by molar-refractivity contribution is 6.01. The highest BCUT2D eigenvalue weighted by Gasteiger charge is 2.46. The van der Waals surface area contributed by atoms with Gasteiger partial charge in [-0.05, 0) is 130 Å². The smallest absolute Gasteiger partial charge is 0.408 e. The first-order valence-corrected chi connectivity index (χ1v) is 34.4. The summed E-state index contributed by atoms with van der Waals surface area (Å²) in [6, 6.07) is -0.520. The van der Waals surface area contributed by atoms with Gasteiger partial charge in [0.25, 0.3) is 0 Å². The van der Waals surface area contributed by atoms with Crippen molar-refractivity contribution in [2.75, 3.05) is 13.7 Å². The molecule has 0 spiro atoms. The number of benzene rings is 1. The molecule has 28 nitrogen and oxygen atoms in total. The lowest BCUT2D eigenvalue weighted by Crippen LogP contribution is -2.66. The van der Waals surface area contributed by atoms with Gasteiger partial charge in [0.2, 0.25) is 65.0 Å². The second-order valence-electron chi connectivity index (χ2n) is 30.7. The Kier molecular flexibility index (Phi) is 34.7. The summed E-state index contributed by atoms with van der Waals surface area (Å²) in [5.41, 5.74) is -6.37. The number of methoxy groups -OCH3 is 1. The van der Waals surface area contributed by atoms with Gasteiger partial charge in [0.05, 0.1) is 31.8 Å². The first kappa shape index (κ1) is 89.1. The number of carbonyl (C=O) groups is 13. The van der Waals surface area contributed by atoms with Gasteiger partial charge in [-0.25, -0.2) is 4.79 Å². The van der Waals surface area contributed by atoms with Crippen molar-refractivity contribution in [3.8, 4) is 0 Å². The Balaban J connectivity index is 3.48. The van der Waals surface area contributed by atoms with Crippen LogP contribution in [0.15, 0.2) is 30.3 Å². The number of hydrogen-bond acceptors (Lipinski definition) is 16. The molecule has 28 heteroatoms. The van der Waals surface area contributed by atoms with E-state index < -0.39 is 201 Å². The van der Waals surface area contributed by atoms with Gasteiger partial charge in [-0.3, -0.25) is 57.5 Å². The monoisotopic (exact) mass is 1400 g/mol. The number of amides is 12. The molecule has 0 aliphatic heterocycles. The second-order valence-corrected chi connectivity index (χ2v) is 30.7. The largest absolute Gasteiger partial charge is 0.469 e. The first-order chi connectivity index (χ1) is 45.3.